The first kappa shape index (κ1) is 22.0. The second kappa shape index (κ2) is 8.05. The van der Waals surface area contributed by atoms with E-state index in [9.17, 15) is 13.6 Å². The monoisotopic (exact) mass is 478 g/mol. The number of fused-ring (bicyclic) bond motifs is 2. The molecule has 1 aromatic carbocycles. The van der Waals surface area contributed by atoms with Crippen LogP contribution in [-0.2, 0) is 0 Å². The maximum Gasteiger partial charge on any atom is 0.257 e. The number of nitrogens with one attached hydrogen (secondary N) is 3. The van der Waals surface area contributed by atoms with Gasteiger partial charge in [0.2, 0.25) is 0 Å². The average Bonchev–Trinajstić information content (AvgIpc) is 3.10. The van der Waals surface area contributed by atoms with E-state index >= 15 is 0 Å². The fraction of sp³-hybridized carbons (Fsp3) is 0.385. The van der Waals surface area contributed by atoms with E-state index in [0.29, 0.717) is 16.9 Å². The Kier molecular flexibility index (Phi) is 5.07. The number of hydrogen-bond donors (Lipinski definition) is 3. The molecule has 4 heterocycles. The van der Waals surface area contributed by atoms with Crippen LogP contribution in [0.25, 0.3) is 16.6 Å². The highest BCUT2D eigenvalue weighted by Gasteiger charge is 2.45. The molecule has 1 saturated heterocycles. The summed E-state index contributed by atoms with van der Waals surface area (Å²) in [7, 11) is 0. The minimum absolute atomic E-state index is 0.227. The van der Waals surface area contributed by atoms with Gasteiger partial charge in [0, 0.05) is 59.9 Å². The molecule has 1 unspecified atom stereocenters. The Bertz CT molecular complexity index is 1450. The van der Waals surface area contributed by atoms with Crippen molar-refractivity contribution in [1.82, 2.24) is 19.7 Å². The number of rotatable bonds is 6. The fourth-order valence-corrected chi connectivity index (χ4v) is 5.25. The summed E-state index contributed by atoms with van der Waals surface area (Å²) in [6, 6.07) is 7.36. The summed E-state index contributed by atoms with van der Waals surface area (Å²) in [6.07, 6.45) is 6.14. The van der Waals surface area contributed by atoms with Crippen molar-refractivity contribution in [3.05, 3.63) is 59.4 Å². The van der Waals surface area contributed by atoms with Gasteiger partial charge >= 0.3 is 0 Å². The molecule has 0 spiro atoms. The normalized spacial score (nSPS) is 19.1. The van der Waals surface area contributed by atoms with Crippen LogP contribution in [0, 0.1) is 19.7 Å². The number of halogens is 2. The molecule has 1 amide bonds. The van der Waals surface area contributed by atoms with E-state index in [-0.39, 0.29) is 29.8 Å². The fourth-order valence-electron chi connectivity index (χ4n) is 5.25. The average molecular weight is 479 g/mol. The van der Waals surface area contributed by atoms with E-state index in [4.69, 9.17) is 0 Å². The van der Waals surface area contributed by atoms with Gasteiger partial charge in [-0.3, -0.25) is 4.79 Å². The quantitative estimate of drug-likeness (QED) is 0.382. The predicted octanol–water partition coefficient (Wildman–Crippen LogP) is 4.49. The summed E-state index contributed by atoms with van der Waals surface area (Å²) in [5, 5.41) is 7.32. The molecule has 6 rings (SSSR count). The highest BCUT2D eigenvalue weighted by atomic mass is 19.1. The Morgan fingerprint density at radius 1 is 1.26 bits per heavy atom. The number of pyridine rings is 1. The van der Waals surface area contributed by atoms with Crippen molar-refractivity contribution in [2.75, 3.05) is 30.0 Å². The summed E-state index contributed by atoms with van der Waals surface area (Å²) in [6.45, 7) is 5.11. The summed E-state index contributed by atoms with van der Waals surface area (Å²) in [5.41, 5.74) is 4.21. The summed E-state index contributed by atoms with van der Waals surface area (Å²) in [4.78, 5) is 23.0. The van der Waals surface area contributed by atoms with Gasteiger partial charge in [0.25, 0.3) is 5.91 Å². The molecular formula is C26H28F2N6O. The van der Waals surface area contributed by atoms with Gasteiger partial charge in [0.15, 0.2) is 11.5 Å². The first-order valence-electron chi connectivity index (χ1n) is 12.0. The molecule has 0 radical (unpaired) electrons. The SMILES string of the molecule is Cc1cn2cc(NC(=O)c3ccc(N4CCC(NC5(CF)CC5)C4)c4cc(C)[nH]c34)cc(F)c2n1. The summed E-state index contributed by atoms with van der Waals surface area (Å²) >= 11 is 0. The first-order valence-corrected chi connectivity index (χ1v) is 12.0. The minimum atomic E-state index is -0.495. The van der Waals surface area contributed by atoms with Crippen molar-refractivity contribution < 1.29 is 13.6 Å². The topological polar surface area (TPSA) is 77.5 Å². The van der Waals surface area contributed by atoms with Gasteiger partial charge < -0.3 is 24.9 Å². The van der Waals surface area contributed by atoms with Crippen LogP contribution >= 0.6 is 0 Å². The molecule has 4 aromatic rings. The van der Waals surface area contributed by atoms with Crippen molar-refractivity contribution in [3.63, 3.8) is 0 Å². The van der Waals surface area contributed by atoms with Crippen molar-refractivity contribution in [3.8, 4) is 0 Å². The number of aromatic nitrogens is 3. The van der Waals surface area contributed by atoms with Crippen LogP contribution in [0.4, 0.5) is 20.2 Å². The number of nitrogens with zero attached hydrogens (tertiary/aromatic N) is 3. The second-order valence-electron chi connectivity index (χ2n) is 10.0. The molecule has 9 heteroatoms. The molecule has 1 aliphatic heterocycles. The number of benzene rings is 1. The maximum atomic E-state index is 14.5. The Balaban J connectivity index is 1.27. The number of aromatic amines is 1. The van der Waals surface area contributed by atoms with Gasteiger partial charge in [0.1, 0.15) is 6.67 Å². The van der Waals surface area contributed by atoms with Crippen LogP contribution in [0.3, 0.4) is 0 Å². The van der Waals surface area contributed by atoms with Gasteiger partial charge in [-0.2, -0.15) is 0 Å². The molecule has 3 N–H and O–H groups in total. The van der Waals surface area contributed by atoms with E-state index in [1.54, 1.807) is 23.7 Å². The number of aryl methyl sites for hydroxylation is 2. The lowest BCUT2D eigenvalue weighted by Gasteiger charge is -2.23. The third-order valence-electron chi connectivity index (χ3n) is 7.18. The number of H-pyrrole nitrogens is 1. The molecule has 1 aliphatic carbocycles. The van der Waals surface area contributed by atoms with Crippen LogP contribution < -0.4 is 15.5 Å². The Morgan fingerprint density at radius 3 is 2.86 bits per heavy atom. The van der Waals surface area contributed by atoms with Crippen LogP contribution in [0.1, 0.15) is 41.0 Å². The standard InChI is InChI=1S/C26H28F2N6O/c1-15-9-20-22(33-8-5-17(12-33)32-26(14-27)6-7-26)4-3-19(23(20)29-15)25(35)31-18-10-21(28)24-30-16(2)11-34(24)13-18/h3-4,9-11,13,17,29,32H,5-8,12,14H2,1-2H3,(H,31,35). The highest BCUT2D eigenvalue weighted by Crippen LogP contribution is 2.38. The van der Waals surface area contributed by atoms with Crippen molar-refractivity contribution in [2.45, 2.75) is 44.7 Å². The van der Waals surface area contributed by atoms with E-state index < -0.39 is 5.82 Å². The molecule has 182 valence electrons. The zero-order valence-electron chi connectivity index (χ0n) is 19.8. The lowest BCUT2D eigenvalue weighted by Crippen LogP contribution is -2.43. The third kappa shape index (κ3) is 3.93. The van der Waals surface area contributed by atoms with Gasteiger partial charge in [-0.15, -0.1) is 0 Å². The van der Waals surface area contributed by atoms with E-state index in [1.165, 1.54) is 6.07 Å². The molecular weight excluding hydrogens is 450 g/mol. The molecule has 3 aromatic heterocycles. The summed E-state index contributed by atoms with van der Waals surface area (Å²) < 4.78 is 29.4. The van der Waals surface area contributed by atoms with Crippen molar-refractivity contribution >= 4 is 33.8 Å². The predicted molar refractivity (Wildman–Crippen MR) is 133 cm³/mol. The number of carbonyl (C=O) groups excluding carboxylic acids is 1. The van der Waals surface area contributed by atoms with E-state index in [2.05, 4.69) is 25.5 Å². The van der Waals surface area contributed by atoms with Gasteiger partial charge in [-0.1, -0.05) is 0 Å². The molecule has 2 aliphatic rings. The maximum absolute atomic E-state index is 14.5. The second-order valence-corrected chi connectivity index (χ2v) is 10.0. The van der Waals surface area contributed by atoms with E-state index in [1.807, 2.05) is 25.1 Å². The zero-order valence-corrected chi connectivity index (χ0v) is 19.8. The first-order chi connectivity index (χ1) is 16.8. The van der Waals surface area contributed by atoms with Crippen LogP contribution in [-0.4, -0.2) is 51.6 Å². The molecule has 1 atom stereocenters. The smallest absolute Gasteiger partial charge is 0.257 e. The number of anilines is 2. The molecule has 2 fully saturated rings. The molecule has 1 saturated carbocycles. The summed E-state index contributed by atoms with van der Waals surface area (Å²) in [5.74, 6) is -0.816. The van der Waals surface area contributed by atoms with Crippen LogP contribution in [0.15, 0.2) is 36.7 Å². The largest absolute Gasteiger partial charge is 0.369 e. The van der Waals surface area contributed by atoms with Crippen LogP contribution in [0.5, 0.6) is 0 Å². The van der Waals surface area contributed by atoms with Gasteiger partial charge in [-0.25, -0.2) is 13.8 Å². The third-order valence-corrected chi connectivity index (χ3v) is 7.18. The van der Waals surface area contributed by atoms with Crippen molar-refractivity contribution in [1.29, 1.82) is 0 Å². The Hall–Kier alpha value is -3.46. The number of hydrogen-bond acceptors (Lipinski definition) is 4. The molecule has 35 heavy (non-hydrogen) atoms. The number of amides is 1. The lowest BCUT2D eigenvalue weighted by molar-refractivity contribution is 0.102. The van der Waals surface area contributed by atoms with Crippen molar-refractivity contribution in [2.24, 2.45) is 0 Å². The molecule has 0 bridgehead atoms. The number of imidazole rings is 1. The lowest BCUT2D eigenvalue weighted by atomic mass is 10.1. The van der Waals surface area contributed by atoms with Gasteiger partial charge in [0.05, 0.1) is 22.5 Å². The van der Waals surface area contributed by atoms with Crippen LogP contribution in [0.2, 0.25) is 0 Å². The zero-order chi connectivity index (χ0) is 24.3. The Morgan fingerprint density at radius 2 is 2.09 bits per heavy atom. The minimum Gasteiger partial charge on any atom is -0.369 e. The van der Waals surface area contributed by atoms with E-state index in [0.717, 1.165) is 54.6 Å². The number of carbonyl (C=O) groups is 1. The van der Waals surface area contributed by atoms with Gasteiger partial charge in [-0.05, 0) is 51.3 Å². The Labute approximate surface area is 201 Å². The number of alkyl halides is 1. The molecule has 7 nitrogen and oxygen atoms in total. The highest BCUT2D eigenvalue weighted by molar-refractivity contribution is 6.14.